The Bertz CT molecular complexity index is 807. The van der Waals surface area contributed by atoms with Crippen molar-refractivity contribution in [2.75, 3.05) is 18.1 Å². The summed E-state index contributed by atoms with van der Waals surface area (Å²) in [6.07, 6.45) is 6.71. The van der Waals surface area contributed by atoms with Crippen molar-refractivity contribution in [2.45, 2.75) is 32.2 Å². The normalized spacial score (nSPS) is 20.2. The molecule has 0 saturated carbocycles. The Morgan fingerprint density at radius 1 is 1.20 bits per heavy atom. The molecule has 25 heavy (non-hydrogen) atoms. The summed E-state index contributed by atoms with van der Waals surface area (Å²) in [6, 6.07) is 7.86. The van der Waals surface area contributed by atoms with Gasteiger partial charge in [0.25, 0.3) is 5.91 Å². The number of aryl methyl sites for hydroxylation is 1. The molecule has 0 aliphatic carbocycles. The van der Waals surface area contributed by atoms with Crippen LogP contribution >= 0.6 is 0 Å². The zero-order chi connectivity index (χ0) is 17.4. The number of aromatic nitrogens is 2. The van der Waals surface area contributed by atoms with Gasteiger partial charge in [0.05, 0.1) is 11.7 Å². The van der Waals surface area contributed by atoms with E-state index in [0.29, 0.717) is 0 Å². The predicted molar refractivity (Wildman–Crippen MR) is 97.7 cm³/mol. The number of anilines is 1. The molecule has 0 spiro atoms. The van der Waals surface area contributed by atoms with Crippen LogP contribution in [-0.2, 0) is 7.05 Å². The molecule has 0 bridgehead atoms. The number of carbonyl (C=O) groups excluding carboxylic acids is 1. The molecule has 0 radical (unpaired) electrons. The number of hydrazone groups is 1. The molecule has 1 saturated heterocycles. The van der Waals surface area contributed by atoms with Crippen LogP contribution in [0.3, 0.4) is 0 Å². The summed E-state index contributed by atoms with van der Waals surface area (Å²) in [5, 5.41) is 6.51. The molecule has 2 aromatic rings. The van der Waals surface area contributed by atoms with Crippen LogP contribution in [0.25, 0.3) is 0 Å². The van der Waals surface area contributed by atoms with E-state index < -0.39 is 0 Å². The lowest BCUT2D eigenvalue weighted by atomic mass is 10.1. The summed E-state index contributed by atoms with van der Waals surface area (Å²) in [5.74, 6) is 1.04. The highest BCUT2D eigenvalue weighted by Gasteiger charge is 2.32. The maximum atomic E-state index is 13.0. The molecule has 1 unspecified atom stereocenters. The van der Waals surface area contributed by atoms with Crippen molar-refractivity contribution in [2.24, 2.45) is 12.1 Å². The van der Waals surface area contributed by atoms with Crippen LogP contribution in [0.4, 0.5) is 5.69 Å². The van der Waals surface area contributed by atoms with E-state index in [-0.39, 0.29) is 11.9 Å². The number of hydrogen-bond acceptors (Lipinski definition) is 4. The summed E-state index contributed by atoms with van der Waals surface area (Å²) in [7, 11) is 1.98. The van der Waals surface area contributed by atoms with Gasteiger partial charge in [0, 0.05) is 50.2 Å². The van der Waals surface area contributed by atoms with Gasteiger partial charge in [0.2, 0.25) is 0 Å². The molecule has 6 heteroatoms. The van der Waals surface area contributed by atoms with Crippen molar-refractivity contribution < 1.29 is 4.79 Å². The molecule has 6 nitrogen and oxygen atoms in total. The van der Waals surface area contributed by atoms with Crippen LogP contribution in [-0.4, -0.2) is 39.2 Å². The second-order valence-corrected chi connectivity index (χ2v) is 6.81. The fraction of sp³-hybridized carbons (Fsp3) is 0.421. The van der Waals surface area contributed by atoms with Crippen molar-refractivity contribution >= 4 is 17.3 Å². The molecule has 2 aliphatic heterocycles. The minimum Gasteiger partial charge on any atom is -0.336 e. The van der Waals surface area contributed by atoms with Gasteiger partial charge < -0.3 is 9.47 Å². The molecule has 1 aromatic heterocycles. The number of amides is 1. The first-order chi connectivity index (χ1) is 12.1. The van der Waals surface area contributed by atoms with E-state index in [9.17, 15) is 4.79 Å². The molecule has 4 rings (SSSR count). The second kappa shape index (κ2) is 6.35. The Labute approximate surface area is 147 Å². The highest BCUT2D eigenvalue weighted by molar-refractivity contribution is 5.95. The van der Waals surface area contributed by atoms with Gasteiger partial charge in [-0.3, -0.25) is 9.80 Å². The summed E-state index contributed by atoms with van der Waals surface area (Å²) >= 11 is 0. The molecule has 0 N–H and O–H groups in total. The van der Waals surface area contributed by atoms with E-state index in [1.807, 2.05) is 58.9 Å². The van der Waals surface area contributed by atoms with E-state index >= 15 is 0 Å². The fourth-order valence-corrected chi connectivity index (χ4v) is 3.68. The average Bonchev–Trinajstić information content (AvgIpc) is 3.35. The highest BCUT2D eigenvalue weighted by atomic mass is 16.2. The first-order valence-corrected chi connectivity index (χ1v) is 8.83. The Kier molecular flexibility index (Phi) is 4.03. The lowest BCUT2D eigenvalue weighted by Gasteiger charge is -2.24. The van der Waals surface area contributed by atoms with Crippen LogP contribution in [0.1, 0.15) is 48.4 Å². The average molecular weight is 337 g/mol. The first-order valence-electron chi connectivity index (χ1n) is 8.83. The Balaban J connectivity index is 1.53. The van der Waals surface area contributed by atoms with Gasteiger partial charge in [-0.05, 0) is 44.0 Å². The number of rotatable bonds is 3. The van der Waals surface area contributed by atoms with Crippen LogP contribution in [0.2, 0.25) is 0 Å². The minimum absolute atomic E-state index is 0.0676. The molecule has 1 aromatic carbocycles. The quantitative estimate of drug-likeness (QED) is 0.865. The summed E-state index contributed by atoms with van der Waals surface area (Å²) in [4.78, 5) is 19.4. The van der Waals surface area contributed by atoms with Crippen molar-refractivity contribution in [3.8, 4) is 0 Å². The SMILES string of the molecule is CC1=NN(c2ccc(C(=O)N3CCCC3c3nccn3C)cc2)CC1. The van der Waals surface area contributed by atoms with Gasteiger partial charge in [-0.2, -0.15) is 5.10 Å². The number of imidazole rings is 1. The van der Waals surface area contributed by atoms with E-state index in [1.165, 1.54) is 0 Å². The molecule has 130 valence electrons. The van der Waals surface area contributed by atoms with E-state index in [2.05, 4.69) is 10.1 Å². The number of hydrogen-bond donors (Lipinski definition) is 0. The lowest BCUT2D eigenvalue weighted by molar-refractivity contribution is 0.0728. The smallest absolute Gasteiger partial charge is 0.254 e. The van der Waals surface area contributed by atoms with Crippen LogP contribution < -0.4 is 5.01 Å². The predicted octanol–water partition coefficient (Wildman–Crippen LogP) is 2.98. The molecule has 2 aliphatic rings. The van der Waals surface area contributed by atoms with Gasteiger partial charge in [-0.1, -0.05) is 0 Å². The Hall–Kier alpha value is -2.63. The lowest BCUT2D eigenvalue weighted by Crippen LogP contribution is -2.31. The summed E-state index contributed by atoms with van der Waals surface area (Å²) in [5.41, 5.74) is 2.91. The minimum atomic E-state index is 0.0676. The van der Waals surface area contributed by atoms with E-state index in [0.717, 1.165) is 55.1 Å². The zero-order valence-electron chi connectivity index (χ0n) is 14.7. The molecular formula is C19H23N5O. The van der Waals surface area contributed by atoms with E-state index in [1.54, 1.807) is 6.20 Å². The van der Waals surface area contributed by atoms with Gasteiger partial charge in [-0.15, -0.1) is 0 Å². The molecular weight excluding hydrogens is 314 g/mol. The number of nitrogens with zero attached hydrogens (tertiary/aromatic N) is 5. The zero-order valence-corrected chi connectivity index (χ0v) is 14.7. The first kappa shape index (κ1) is 15.9. The van der Waals surface area contributed by atoms with Gasteiger partial charge in [0.1, 0.15) is 5.82 Å². The van der Waals surface area contributed by atoms with Gasteiger partial charge >= 0.3 is 0 Å². The van der Waals surface area contributed by atoms with Crippen LogP contribution in [0, 0.1) is 0 Å². The maximum absolute atomic E-state index is 13.0. The molecule has 1 atom stereocenters. The third kappa shape index (κ3) is 2.92. The van der Waals surface area contributed by atoms with Crippen molar-refractivity contribution in [1.82, 2.24) is 14.5 Å². The Morgan fingerprint density at radius 2 is 2.00 bits per heavy atom. The monoisotopic (exact) mass is 337 g/mol. The standard InChI is InChI=1S/C19H23N5O/c1-14-9-12-24(21-14)16-7-5-15(6-8-16)19(25)23-11-3-4-17(23)18-20-10-13-22(18)2/h5-8,10,13,17H,3-4,9,11-12H2,1-2H3. The number of benzene rings is 1. The maximum Gasteiger partial charge on any atom is 0.254 e. The molecule has 1 amide bonds. The summed E-state index contributed by atoms with van der Waals surface area (Å²) < 4.78 is 2.01. The topological polar surface area (TPSA) is 53.7 Å². The van der Waals surface area contributed by atoms with Gasteiger partial charge in [0.15, 0.2) is 0 Å². The molecule has 3 heterocycles. The third-order valence-electron chi connectivity index (χ3n) is 5.06. The number of carbonyl (C=O) groups is 1. The largest absolute Gasteiger partial charge is 0.336 e. The van der Waals surface area contributed by atoms with Crippen molar-refractivity contribution in [3.05, 3.63) is 48.0 Å². The van der Waals surface area contributed by atoms with E-state index in [4.69, 9.17) is 0 Å². The highest BCUT2D eigenvalue weighted by Crippen LogP contribution is 2.32. The third-order valence-corrected chi connectivity index (χ3v) is 5.06. The van der Waals surface area contributed by atoms with Gasteiger partial charge in [-0.25, -0.2) is 4.98 Å². The second-order valence-electron chi connectivity index (χ2n) is 6.81. The Morgan fingerprint density at radius 3 is 2.64 bits per heavy atom. The fourth-order valence-electron chi connectivity index (χ4n) is 3.68. The van der Waals surface area contributed by atoms with Crippen molar-refractivity contribution in [1.29, 1.82) is 0 Å². The van der Waals surface area contributed by atoms with Crippen molar-refractivity contribution in [3.63, 3.8) is 0 Å². The number of likely N-dealkylation sites (tertiary alicyclic amines) is 1. The van der Waals surface area contributed by atoms with Crippen LogP contribution in [0.15, 0.2) is 41.8 Å². The summed E-state index contributed by atoms with van der Waals surface area (Å²) in [6.45, 7) is 3.74. The van der Waals surface area contributed by atoms with Crippen LogP contribution in [0.5, 0.6) is 0 Å². The molecule has 1 fully saturated rings.